The van der Waals surface area contributed by atoms with Crippen LogP contribution in [0.15, 0.2) is 30.3 Å². The summed E-state index contributed by atoms with van der Waals surface area (Å²) >= 11 is 0. The molecule has 3 heterocycles. The molecule has 2 aliphatic rings. The Labute approximate surface area is 161 Å². The molecule has 0 aliphatic carbocycles. The molecule has 150 valence electrons. The van der Waals surface area contributed by atoms with Gasteiger partial charge in [-0.1, -0.05) is 30.3 Å². The van der Waals surface area contributed by atoms with Crippen LogP contribution in [0.25, 0.3) is 0 Å². The lowest BCUT2D eigenvalue weighted by Gasteiger charge is -2.21. The van der Waals surface area contributed by atoms with Gasteiger partial charge in [-0.2, -0.15) is 13.2 Å². The third-order valence-electron chi connectivity index (χ3n) is 5.81. The zero-order valence-corrected chi connectivity index (χ0v) is 15.5. The average Bonchev–Trinajstić information content (AvgIpc) is 3.25. The van der Waals surface area contributed by atoms with Crippen LogP contribution in [0.2, 0.25) is 0 Å². The number of imidazole rings is 1. The number of halogens is 3. The van der Waals surface area contributed by atoms with Crippen LogP contribution in [0, 0.1) is 5.92 Å². The fraction of sp³-hybridized carbons (Fsp3) is 0.500. The predicted octanol–water partition coefficient (Wildman–Crippen LogP) is 2.94. The fourth-order valence-electron chi connectivity index (χ4n) is 4.49. The molecule has 2 atom stereocenters. The summed E-state index contributed by atoms with van der Waals surface area (Å²) in [5, 5.41) is 0. The maximum atomic E-state index is 13.6. The maximum absolute atomic E-state index is 13.6. The predicted molar refractivity (Wildman–Crippen MR) is 97.3 cm³/mol. The van der Waals surface area contributed by atoms with Gasteiger partial charge in [-0.05, 0) is 18.4 Å². The second-order valence-corrected chi connectivity index (χ2v) is 7.65. The van der Waals surface area contributed by atoms with E-state index in [4.69, 9.17) is 5.73 Å². The van der Waals surface area contributed by atoms with E-state index in [0.717, 1.165) is 18.4 Å². The van der Waals surface area contributed by atoms with Crippen LogP contribution in [0.3, 0.4) is 0 Å². The van der Waals surface area contributed by atoms with E-state index in [1.54, 1.807) is 4.57 Å². The summed E-state index contributed by atoms with van der Waals surface area (Å²) in [5.41, 5.74) is 6.01. The Kier molecular flexibility index (Phi) is 4.91. The number of carbonyl (C=O) groups excluding carboxylic acids is 1. The van der Waals surface area contributed by atoms with Gasteiger partial charge in [0.1, 0.15) is 5.82 Å². The fourth-order valence-corrected chi connectivity index (χ4v) is 4.49. The number of benzene rings is 1. The Morgan fingerprint density at radius 2 is 1.93 bits per heavy atom. The number of hydrogen-bond donors (Lipinski definition) is 1. The highest BCUT2D eigenvalue weighted by Crippen LogP contribution is 2.37. The molecule has 5 nitrogen and oxygen atoms in total. The number of likely N-dealkylation sites (tertiary alicyclic amines) is 1. The van der Waals surface area contributed by atoms with Crippen LogP contribution >= 0.6 is 0 Å². The van der Waals surface area contributed by atoms with Crippen molar-refractivity contribution < 1.29 is 18.0 Å². The van der Waals surface area contributed by atoms with Crippen molar-refractivity contribution in [2.24, 2.45) is 11.7 Å². The number of nitrogens with zero attached hydrogens (tertiary/aromatic N) is 3. The molecule has 8 heteroatoms. The smallest absolute Gasteiger partial charge is 0.369 e. The summed E-state index contributed by atoms with van der Waals surface area (Å²) < 4.78 is 42.5. The summed E-state index contributed by atoms with van der Waals surface area (Å²) in [6, 6.07) is 9.55. The topological polar surface area (TPSA) is 64.2 Å². The van der Waals surface area contributed by atoms with Crippen molar-refractivity contribution >= 4 is 5.91 Å². The highest BCUT2D eigenvalue weighted by Gasteiger charge is 2.42. The highest BCUT2D eigenvalue weighted by atomic mass is 19.4. The molecule has 0 bridgehead atoms. The Morgan fingerprint density at radius 1 is 1.18 bits per heavy atom. The van der Waals surface area contributed by atoms with E-state index in [1.165, 1.54) is 0 Å². The van der Waals surface area contributed by atoms with Crippen LogP contribution in [0.5, 0.6) is 0 Å². The van der Waals surface area contributed by atoms with Crippen molar-refractivity contribution in [3.8, 4) is 0 Å². The van der Waals surface area contributed by atoms with Crippen molar-refractivity contribution in [1.29, 1.82) is 0 Å². The van der Waals surface area contributed by atoms with Crippen molar-refractivity contribution in [1.82, 2.24) is 14.5 Å². The molecule has 0 radical (unpaired) electrons. The molecule has 0 spiro atoms. The largest absolute Gasteiger partial charge is 0.435 e. The zero-order valence-electron chi connectivity index (χ0n) is 15.5. The van der Waals surface area contributed by atoms with Crippen molar-refractivity contribution in [2.75, 3.05) is 13.1 Å². The number of fused-ring (bicyclic) bond motifs is 1. The molecule has 28 heavy (non-hydrogen) atoms. The third-order valence-corrected chi connectivity index (χ3v) is 5.81. The van der Waals surface area contributed by atoms with Crippen LogP contribution < -0.4 is 5.73 Å². The van der Waals surface area contributed by atoms with Crippen LogP contribution in [0.1, 0.15) is 41.5 Å². The summed E-state index contributed by atoms with van der Waals surface area (Å²) in [4.78, 5) is 17.8. The molecule has 0 unspecified atom stereocenters. The summed E-state index contributed by atoms with van der Waals surface area (Å²) in [5.74, 6) is -0.432. The molecule has 2 aromatic rings. The number of nitrogens with two attached hydrogens (primary N) is 1. The quantitative estimate of drug-likeness (QED) is 0.870. The molecule has 0 saturated carbocycles. The average molecular weight is 392 g/mol. The number of hydrogen-bond acceptors (Lipinski definition) is 3. The summed E-state index contributed by atoms with van der Waals surface area (Å²) in [7, 11) is 0. The SMILES string of the molecule is NC(=O)[C@@H]1CN(Cc2c(C(F)(F)F)nc3n2CCCC3)C[C@H]1c1ccccc1. The van der Waals surface area contributed by atoms with Gasteiger partial charge in [0.2, 0.25) is 5.91 Å². The first-order valence-electron chi connectivity index (χ1n) is 9.56. The number of primary amides is 1. The number of amides is 1. The minimum atomic E-state index is -4.48. The van der Waals surface area contributed by atoms with Crippen LogP contribution in [-0.4, -0.2) is 33.4 Å². The Balaban J connectivity index is 1.63. The van der Waals surface area contributed by atoms with Crippen molar-refractivity contribution in [3.05, 3.63) is 53.1 Å². The highest BCUT2D eigenvalue weighted by molar-refractivity contribution is 5.78. The molecule has 4 rings (SSSR count). The maximum Gasteiger partial charge on any atom is 0.435 e. The van der Waals surface area contributed by atoms with Gasteiger partial charge in [0, 0.05) is 38.5 Å². The number of aryl methyl sites for hydroxylation is 1. The first-order chi connectivity index (χ1) is 13.3. The lowest BCUT2D eigenvalue weighted by molar-refractivity contribution is -0.142. The van der Waals surface area contributed by atoms with Gasteiger partial charge in [-0.25, -0.2) is 4.98 Å². The molecular formula is C20H23F3N4O. The Morgan fingerprint density at radius 3 is 2.61 bits per heavy atom. The molecule has 1 aromatic heterocycles. The number of alkyl halides is 3. The number of rotatable bonds is 4. The standard InChI is InChI=1S/C20H23F3N4O/c21-20(22,23)18-16(27-9-5-4-8-17(27)25-18)12-26-10-14(15(11-26)19(24)28)13-6-2-1-3-7-13/h1-3,6-7,14-15H,4-5,8-12H2,(H2,24,28)/t14-,15+/m0/s1. The molecule has 1 saturated heterocycles. The molecule has 1 amide bonds. The monoisotopic (exact) mass is 392 g/mol. The van der Waals surface area contributed by atoms with E-state index in [2.05, 4.69) is 4.98 Å². The summed E-state index contributed by atoms with van der Waals surface area (Å²) in [6.07, 6.45) is -2.21. The van der Waals surface area contributed by atoms with Gasteiger partial charge in [0.25, 0.3) is 0 Å². The van der Waals surface area contributed by atoms with Crippen molar-refractivity contribution in [3.63, 3.8) is 0 Å². The first kappa shape index (κ1) is 19.0. The molecule has 2 aliphatic heterocycles. The van der Waals surface area contributed by atoms with Gasteiger partial charge in [0.15, 0.2) is 5.69 Å². The molecule has 2 N–H and O–H groups in total. The van der Waals surface area contributed by atoms with Crippen LogP contribution in [0.4, 0.5) is 13.2 Å². The zero-order chi connectivity index (χ0) is 19.9. The summed E-state index contributed by atoms with van der Waals surface area (Å²) in [6.45, 7) is 1.53. The van der Waals surface area contributed by atoms with Gasteiger partial charge in [-0.3, -0.25) is 9.69 Å². The Bertz CT molecular complexity index is 862. The minimum absolute atomic E-state index is 0.114. The van der Waals surface area contributed by atoms with E-state index in [1.807, 2.05) is 35.2 Å². The van der Waals surface area contributed by atoms with Gasteiger partial charge in [0.05, 0.1) is 11.6 Å². The third kappa shape index (κ3) is 3.53. The molecule has 1 fully saturated rings. The van der Waals surface area contributed by atoms with Crippen molar-refractivity contribution in [2.45, 2.75) is 44.4 Å². The normalized spacial score (nSPS) is 23.0. The van der Waals surface area contributed by atoms with Gasteiger partial charge >= 0.3 is 6.18 Å². The van der Waals surface area contributed by atoms with E-state index in [9.17, 15) is 18.0 Å². The van der Waals surface area contributed by atoms with E-state index in [0.29, 0.717) is 31.9 Å². The molecular weight excluding hydrogens is 369 g/mol. The van der Waals surface area contributed by atoms with Crippen LogP contribution in [-0.2, 0) is 30.5 Å². The van der Waals surface area contributed by atoms with E-state index >= 15 is 0 Å². The van der Waals surface area contributed by atoms with E-state index < -0.39 is 23.7 Å². The lowest BCUT2D eigenvalue weighted by atomic mass is 9.89. The second-order valence-electron chi connectivity index (χ2n) is 7.65. The number of aromatic nitrogens is 2. The lowest BCUT2D eigenvalue weighted by Crippen LogP contribution is -2.30. The first-order valence-corrected chi connectivity index (χ1v) is 9.56. The minimum Gasteiger partial charge on any atom is -0.369 e. The van der Waals surface area contributed by atoms with Gasteiger partial charge in [-0.15, -0.1) is 0 Å². The number of carbonyl (C=O) groups is 1. The van der Waals surface area contributed by atoms with E-state index in [-0.39, 0.29) is 18.2 Å². The second kappa shape index (κ2) is 7.24. The van der Waals surface area contributed by atoms with Gasteiger partial charge < -0.3 is 10.3 Å². The molecule has 1 aromatic carbocycles. The Hall–Kier alpha value is -2.35.